The first kappa shape index (κ1) is 18.5. The summed E-state index contributed by atoms with van der Waals surface area (Å²) in [6, 6.07) is 8.43. The fourth-order valence-corrected chi connectivity index (χ4v) is 3.34. The van der Waals surface area contributed by atoms with Crippen LogP contribution >= 0.6 is 0 Å². The average molecular weight is 348 g/mol. The Morgan fingerprint density at radius 2 is 1.62 bits per heavy atom. The van der Waals surface area contributed by atoms with Crippen molar-refractivity contribution in [3.05, 3.63) is 52.8 Å². The normalized spacial score (nSPS) is 14.3. The summed E-state index contributed by atoms with van der Waals surface area (Å²) in [7, 11) is -2.30. The van der Waals surface area contributed by atoms with Crippen molar-refractivity contribution in [2.24, 2.45) is 0 Å². The van der Waals surface area contributed by atoms with Gasteiger partial charge in [-0.1, -0.05) is 20.8 Å². The van der Waals surface area contributed by atoms with Gasteiger partial charge in [-0.2, -0.15) is 0 Å². The van der Waals surface area contributed by atoms with Crippen molar-refractivity contribution in [1.29, 1.82) is 0 Å². The maximum Gasteiger partial charge on any atom is 0.133 e. The van der Waals surface area contributed by atoms with Gasteiger partial charge in [0.05, 0.1) is 0 Å². The van der Waals surface area contributed by atoms with Crippen molar-refractivity contribution in [3.63, 3.8) is 0 Å². The molecule has 0 heterocycles. The van der Waals surface area contributed by atoms with Crippen LogP contribution < -0.4 is 4.74 Å². The highest BCUT2D eigenvalue weighted by Gasteiger charge is 2.22. The molecule has 0 aliphatic heterocycles. The van der Waals surface area contributed by atoms with Crippen LogP contribution in [0.5, 0.6) is 11.5 Å². The summed E-state index contributed by atoms with van der Waals surface area (Å²) < 4.78 is 31.9. The van der Waals surface area contributed by atoms with Crippen LogP contribution in [0.4, 0.5) is 4.39 Å². The van der Waals surface area contributed by atoms with Crippen molar-refractivity contribution in [2.75, 3.05) is 6.26 Å². The Labute approximate surface area is 144 Å². The van der Waals surface area contributed by atoms with Gasteiger partial charge in [-0.15, -0.1) is 0 Å². The zero-order chi connectivity index (χ0) is 18.3. The Morgan fingerprint density at radius 1 is 1.08 bits per heavy atom. The lowest BCUT2D eigenvalue weighted by Crippen LogP contribution is -2.14. The van der Waals surface area contributed by atoms with Crippen LogP contribution in [0.2, 0.25) is 0 Å². The van der Waals surface area contributed by atoms with E-state index in [0.717, 1.165) is 16.7 Å². The Morgan fingerprint density at radius 3 is 2.08 bits per heavy atom. The number of hydrogen-bond donors (Lipinski definition) is 0. The minimum absolute atomic E-state index is 0.197. The molecule has 0 aromatic heterocycles. The van der Waals surface area contributed by atoms with Crippen molar-refractivity contribution < 1.29 is 13.3 Å². The maximum atomic E-state index is 13.5. The van der Waals surface area contributed by atoms with Gasteiger partial charge in [-0.25, -0.2) is 4.39 Å². The second-order valence-electron chi connectivity index (χ2n) is 7.38. The van der Waals surface area contributed by atoms with Crippen LogP contribution in [0.15, 0.2) is 35.2 Å². The summed E-state index contributed by atoms with van der Waals surface area (Å²) in [5.41, 5.74) is 2.24. The summed E-state index contributed by atoms with van der Waals surface area (Å²) in [5.74, 6) is 4.83. The topological polar surface area (TPSA) is 26.3 Å². The Hall–Kier alpha value is -1.81. The molecular formula is C20H25FO2S. The first-order valence-corrected chi connectivity index (χ1v) is 9.94. The van der Waals surface area contributed by atoms with Crippen LogP contribution in [0.25, 0.3) is 0 Å². The van der Waals surface area contributed by atoms with Gasteiger partial charge in [0.1, 0.15) is 17.3 Å². The molecule has 0 bridgehead atoms. The zero-order valence-corrected chi connectivity index (χ0v) is 16.0. The average Bonchev–Trinajstić information content (AvgIpc) is 2.40. The number of aryl methyl sites for hydroxylation is 2. The minimum Gasteiger partial charge on any atom is -0.457 e. The predicted molar refractivity (Wildman–Crippen MR) is 101 cm³/mol. The van der Waals surface area contributed by atoms with Crippen LogP contribution in [0, 0.1) is 19.7 Å². The standard InChI is InChI=1S/C20H25FO2S/c1-13-10-15(21)11-14(2)19(13)23-18-9-8-16(24(6,7)22)12-17(18)20(3,4)5/h8-12H,6H2,1-5,7H3. The maximum absolute atomic E-state index is 13.5. The number of hydrogen-bond acceptors (Lipinski definition) is 2. The van der Waals surface area contributed by atoms with E-state index in [9.17, 15) is 8.60 Å². The third kappa shape index (κ3) is 3.99. The summed E-state index contributed by atoms with van der Waals surface area (Å²) in [6.07, 6.45) is 1.63. The van der Waals surface area contributed by atoms with E-state index in [0.29, 0.717) is 16.4 Å². The van der Waals surface area contributed by atoms with Gasteiger partial charge in [0.25, 0.3) is 0 Å². The molecule has 1 atom stereocenters. The highest BCUT2D eigenvalue weighted by atomic mass is 32.2. The molecule has 24 heavy (non-hydrogen) atoms. The molecular weight excluding hydrogens is 323 g/mol. The van der Waals surface area contributed by atoms with Gasteiger partial charge in [-0.05, 0) is 76.1 Å². The molecule has 130 valence electrons. The van der Waals surface area contributed by atoms with E-state index in [-0.39, 0.29) is 11.2 Å². The molecule has 0 saturated heterocycles. The molecule has 0 N–H and O–H groups in total. The lowest BCUT2D eigenvalue weighted by molar-refractivity contribution is 0.447. The SMILES string of the molecule is C=S(C)(=O)c1ccc(Oc2c(C)cc(F)cc2C)c(C(C)(C)C)c1. The molecule has 2 rings (SSSR count). The molecule has 0 amide bonds. The molecule has 1 unspecified atom stereocenters. The van der Waals surface area contributed by atoms with Gasteiger partial charge in [-0.3, -0.25) is 4.21 Å². The van der Waals surface area contributed by atoms with E-state index in [1.165, 1.54) is 12.1 Å². The van der Waals surface area contributed by atoms with Crippen LogP contribution in [0.3, 0.4) is 0 Å². The van der Waals surface area contributed by atoms with Crippen LogP contribution in [-0.2, 0) is 14.9 Å². The molecule has 0 spiro atoms. The largest absolute Gasteiger partial charge is 0.457 e. The molecule has 0 fully saturated rings. The highest BCUT2D eigenvalue weighted by molar-refractivity contribution is 7.99. The van der Waals surface area contributed by atoms with Crippen molar-refractivity contribution in [2.45, 2.75) is 44.9 Å². The summed E-state index contributed by atoms with van der Waals surface area (Å²) in [6.45, 7) is 9.87. The number of rotatable bonds is 3. The highest BCUT2D eigenvalue weighted by Crippen LogP contribution is 2.38. The lowest BCUT2D eigenvalue weighted by atomic mass is 9.86. The second-order valence-corrected chi connectivity index (χ2v) is 9.87. The number of ether oxygens (including phenoxy) is 1. The predicted octanol–water partition coefficient (Wildman–Crippen LogP) is 5.24. The van der Waals surface area contributed by atoms with Crippen molar-refractivity contribution >= 4 is 15.4 Å². The third-order valence-electron chi connectivity index (χ3n) is 3.89. The molecule has 0 saturated carbocycles. The summed E-state index contributed by atoms with van der Waals surface area (Å²) >= 11 is 0. The van der Waals surface area contributed by atoms with Gasteiger partial charge in [0.15, 0.2) is 0 Å². The molecule has 0 aliphatic rings. The summed E-state index contributed by atoms with van der Waals surface area (Å²) in [5, 5.41) is 0. The molecule has 2 nitrogen and oxygen atoms in total. The Kier molecular flexibility index (Phi) is 4.82. The number of halogens is 1. The Balaban J connectivity index is 2.59. The lowest BCUT2D eigenvalue weighted by Gasteiger charge is -2.24. The van der Waals surface area contributed by atoms with E-state index in [1.54, 1.807) is 12.3 Å². The van der Waals surface area contributed by atoms with E-state index in [4.69, 9.17) is 4.74 Å². The molecule has 4 heteroatoms. The van der Waals surface area contributed by atoms with Crippen molar-refractivity contribution in [1.82, 2.24) is 0 Å². The molecule has 0 radical (unpaired) electrons. The van der Waals surface area contributed by atoms with E-state index in [1.807, 2.05) is 26.0 Å². The van der Waals surface area contributed by atoms with Crippen LogP contribution in [0.1, 0.15) is 37.5 Å². The first-order chi connectivity index (χ1) is 10.9. The second kappa shape index (κ2) is 6.25. The van der Waals surface area contributed by atoms with E-state index >= 15 is 0 Å². The minimum atomic E-state index is -2.30. The van der Waals surface area contributed by atoms with Gasteiger partial charge < -0.3 is 4.74 Å². The smallest absolute Gasteiger partial charge is 0.133 e. The van der Waals surface area contributed by atoms with E-state index in [2.05, 4.69) is 26.6 Å². The monoisotopic (exact) mass is 348 g/mol. The fraction of sp³-hybridized carbons (Fsp3) is 0.350. The van der Waals surface area contributed by atoms with Gasteiger partial charge >= 0.3 is 0 Å². The van der Waals surface area contributed by atoms with Gasteiger partial charge in [0, 0.05) is 16.7 Å². The van der Waals surface area contributed by atoms with Crippen LogP contribution in [-0.4, -0.2) is 16.3 Å². The van der Waals surface area contributed by atoms with Crippen molar-refractivity contribution in [3.8, 4) is 11.5 Å². The summed E-state index contributed by atoms with van der Waals surface area (Å²) in [4.78, 5) is 0.701. The third-order valence-corrected chi connectivity index (χ3v) is 5.15. The molecule has 2 aromatic carbocycles. The number of benzene rings is 2. The van der Waals surface area contributed by atoms with Gasteiger partial charge in [0.2, 0.25) is 0 Å². The molecule has 2 aromatic rings. The quantitative estimate of drug-likeness (QED) is 0.709. The Bertz CT molecular complexity index is 852. The molecule has 0 aliphatic carbocycles. The zero-order valence-electron chi connectivity index (χ0n) is 15.2. The van der Waals surface area contributed by atoms with E-state index < -0.39 is 9.52 Å². The first-order valence-electron chi connectivity index (χ1n) is 7.81. The fourth-order valence-electron chi connectivity index (χ4n) is 2.62.